The Labute approximate surface area is 145 Å². The minimum absolute atomic E-state index is 0.291. The fourth-order valence-electron chi connectivity index (χ4n) is 3.13. The van der Waals surface area contributed by atoms with Gasteiger partial charge >= 0.3 is 0 Å². The van der Waals surface area contributed by atoms with E-state index in [9.17, 15) is 8.42 Å². The lowest BCUT2D eigenvalue weighted by Crippen LogP contribution is -2.32. The summed E-state index contributed by atoms with van der Waals surface area (Å²) >= 11 is 0. The standard InChI is InChI=1S/C17H28N2O4S/c1-13-9-14(2)17(10-16(13)23-4)24(20,21)18-11-15-5-6-19(12-15)7-8-22-3/h9-10,15,18H,5-8,11-12H2,1-4H3/t15-/m0/s1. The zero-order chi connectivity index (χ0) is 17.7. The van der Waals surface area contributed by atoms with Gasteiger partial charge in [0, 0.05) is 32.8 Å². The average molecular weight is 356 g/mol. The van der Waals surface area contributed by atoms with E-state index in [0.717, 1.165) is 37.2 Å². The highest BCUT2D eigenvalue weighted by molar-refractivity contribution is 7.89. The molecule has 0 spiro atoms. The highest BCUT2D eigenvalue weighted by Crippen LogP contribution is 2.26. The van der Waals surface area contributed by atoms with Crippen molar-refractivity contribution in [3.8, 4) is 5.75 Å². The number of sulfonamides is 1. The van der Waals surface area contributed by atoms with Crippen LogP contribution in [0.2, 0.25) is 0 Å². The lowest BCUT2D eigenvalue weighted by atomic mass is 10.1. The van der Waals surface area contributed by atoms with Crippen LogP contribution in [0, 0.1) is 19.8 Å². The molecule has 1 saturated heterocycles. The van der Waals surface area contributed by atoms with E-state index < -0.39 is 10.0 Å². The molecule has 0 amide bonds. The van der Waals surface area contributed by atoms with E-state index in [1.807, 2.05) is 19.9 Å². The second-order valence-electron chi connectivity index (χ2n) is 6.39. The average Bonchev–Trinajstić information content (AvgIpc) is 2.99. The first kappa shape index (κ1) is 19.2. The topological polar surface area (TPSA) is 67.9 Å². The van der Waals surface area contributed by atoms with Crippen molar-refractivity contribution in [1.29, 1.82) is 0 Å². The second-order valence-corrected chi connectivity index (χ2v) is 8.12. The van der Waals surface area contributed by atoms with Crippen molar-refractivity contribution in [2.45, 2.75) is 25.2 Å². The summed E-state index contributed by atoms with van der Waals surface area (Å²) in [6, 6.07) is 3.45. The molecular weight excluding hydrogens is 328 g/mol. The highest BCUT2D eigenvalue weighted by atomic mass is 32.2. The van der Waals surface area contributed by atoms with Gasteiger partial charge in [0.05, 0.1) is 18.6 Å². The first-order valence-electron chi connectivity index (χ1n) is 8.23. The minimum Gasteiger partial charge on any atom is -0.496 e. The molecule has 0 unspecified atom stereocenters. The number of hydrogen-bond donors (Lipinski definition) is 1. The monoisotopic (exact) mass is 356 g/mol. The minimum atomic E-state index is -3.54. The van der Waals surface area contributed by atoms with Gasteiger partial charge in [-0.1, -0.05) is 6.07 Å². The quantitative estimate of drug-likeness (QED) is 0.766. The number of nitrogens with one attached hydrogen (secondary N) is 1. The number of ether oxygens (including phenoxy) is 2. The summed E-state index contributed by atoms with van der Waals surface area (Å²) in [7, 11) is -0.291. The van der Waals surface area contributed by atoms with E-state index in [1.54, 1.807) is 20.3 Å². The summed E-state index contributed by atoms with van der Waals surface area (Å²) in [6.45, 7) is 7.68. The van der Waals surface area contributed by atoms with Crippen LogP contribution in [-0.2, 0) is 14.8 Å². The molecule has 1 aromatic rings. The van der Waals surface area contributed by atoms with Gasteiger partial charge in [0.25, 0.3) is 0 Å². The zero-order valence-electron chi connectivity index (χ0n) is 15.0. The van der Waals surface area contributed by atoms with E-state index in [0.29, 0.717) is 29.7 Å². The third-order valence-electron chi connectivity index (χ3n) is 4.53. The molecule has 1 fully saturated rings. The normalized spacial score (nSPS) is 18.9. The van der Waals surface area contributed by atoms with Crippen molar-refractivity contribution >= 4 is 10.0 Å². The molecule has 1 atom stereocenters. The van der Waals surface area contributed by atoms with Crippen LogP contribution < -0.4 is 9.46 Å². The molecule has 0 bridgehead atoms. The van der Waals surface area contributed by atoms with Crippen LogP contribution in [0.1, 0.15) is 17.5 Å². The van der Waals surface area contributed by atoms with Crippen molar-refractivity contribution in [2.24, 2.45) is 5.92 Å². The fourth-order valence-corrected chi connectivity index (χ4v) is 4.49. The third kappa shape index (κ3) is 4.69. The van der Waals surface area contributed by atoms with E-state index >= 15 is 0 Å². The summed E-state index contributed by atoms with van der Waals surface area (Å²) in [4.78, 5) is 2.60. The molecule has 0 saturated carbocycles. The lowest BCUT2D eigenvalue weighted by Gasteiger charge is -2.16. The molecule has 2 rings (SSSR count). The maximum absolute atomic E-state index is 12.6. The molecule has 24 heavy (non-hydrogen) atoms. The van der Waals surface area contributed by atoms with Gasteiger partial charge in [-0.3, -0.25) is 0 Å². The molecule has 1 heterocycles. The molecule has 136 valence electrons. The van der Waals surface area contributed by atoms with Gasteiger partial charge in [-0.2, -0.15) is 0 Å². The van der Waals surface area contributed by atoms with Gasteiger partial charge in [-0.15, -0.1) is 0 Å². The van der Waals surface area contributed by atoms with Crippen LogP contribution in [0.3, 0.4) is 0 Å². The Morgan fingerprint density at radius 2 is 2.00 bits per heavy atom. The van der Waals surface area contributed by atoms with Crippen LogP contribution in [0.4, 0.5) is 0 Å². The van der Waals surface area contributed by atoms with Crippen LogP contribution in [0.5, 0.6) is 5.75 Å². The molecule has 7 heteroatoms. The Morgan fingerprint density at radius 1 is 1.25 bits per heavy atom. The lowest BCUT2D eigenvalue weighted by molar-refractivity contribution is 0.159. The van der Waals surface area contributed by atoms with Gasteiger partial charge in [0.2, 0.25) is 10.0 Å². The van der Waals surface area contributed by atoms with Crippen LogP contribution in [0.15, 0.2) is 17.0 Å². The Hall–Kier alpha value is -1.15. The Balaban J connectivity index is 2.00. The summed E-state index contributed by atoms with van der Waals surface area (Å²) in [5, 5.41) is 0. The van der Waals surface area contributed by atoms with Gasteiger partial charge in [0.15, 0.2) is 0 Å². The van der Waals surface area contributed by atoms with Crippen LogP contribution in [0.25, 0.3) is 0 Å². The summed E-state index contributed by atoms with van der Waals surface area (Å²) in [6.07, 6.45) is 1.00. The molecule has 0 aromatic heterocycles. The first-order chi connectivity index (χ1) is 11.4. The predicted molar refractivity (Wildman–Crippen MR) is 94.1 cm³/mol. The maximum atomic E-state index is 12.6. The number of aryl methyl sites for hydroxylation is 2. The predicted octanol–water partition coefficient (Wildman–Crippen LogP) is 1.56. The van der Waals surface area contributed by atoms with Crippen molar-refractivity contribution in [2.75, 3.05) is 47.0 Å². The SMILES string of the molecule is COCCN1CC[C@@H](CNS(=O)(=O)c2cc(OC)c(C)cc2C)C1. The number of methoxy groups -OCH3 is 2. The Kier molecular flexibility index (Phi) is 6.62. The molecule has 1 aliphatic rings. The van der Waals surface area contributed by atoms with E-state index in [4.69, 9.17) is 9.47 Å². The maximum Gasteiger partial charge on any atom is 0.240 e. The number of rotatable bonds is 8. The van der Waals surface area contributed by atoms with Gasteiger partial charge in [0.1, 0.15) is 5.75 Å². The fraction of sp³-hybridized carbons (Fsp3) is 0.647. The summed E-state index contributed by atoms with van der Waals surface area (Å²) < 4.78 is 38.4. The van der Waals surface area contributed by atoms with E-state index in [2.05, 4.69) is 9.62 Å². The zero-order valence-corrected chi connectivity index (χ0v) is 15.8. The molecule has 6 nitrogen and oxygen atoms in total. The van der Waals surface area contributed by atoms with E-state index in [1.165, 1.54) is 0 Å². The summed E-state index contributed by atoms with van der Waals surface area (Å²) in [5.74, 6) is 0.928. The number of nitrogens with zero attached hydrogens (tertiary/aromatic N) is 1. The largest absolute Gasteiger partial charge is 0.496 e. The van der Waals surface area contributed by atoms with Gasteiger partial charge in [-0.25, -0.2) is 13.1 Å². The Morgan fingerprint density at radius 3 is 2.67 bits per heavy atom. The molecule has 1 aliphatic heterocycles. The first-order valence-corrected chi connectivity index (χ1v) is 9.72. The second kappa shape index (κ2) is 8.29. The van der Waals surface area contributed by atoms with Crippen LogP contribution >= 0.6 is 0 Å². The van der Waals surface area contributed by atoms with Crippen LogP contribution in [-0.4, -0.2) is 60.3 Å². The van der Waals surface area contributed by atoms with Crippen molar-refractivity contribution in [3.05, 3.63) is 23.3 Å². The third-order valence-corrected chi connectivity index (χ3v) is 6.09. The molecule has 1 aromatic carbocycles. The molecule has 0 radical (unpaired) electrons. The van der Waals surface area contributed by atoms with Crippen molar-refractivity contribution in [3.63, 3.8) is 0 Å². The summed E-state index contributed by atoms with van der Waals surface area (Å²) in [5.41, 5.74) is 1.66. The number of benzene rings is 1. The molecule has 0 aliphatic carbocycles. The van der Waals surface area contributed by atoms with Crippen molar-refractivity contribution in [1.82, 2.24) is 9.62 Å². The van der Waals surface area contributed by atoms with E-state index in [-0.39, 0.29) is 0 Å². The molecular formula is C17H28N2O4S. The van der Waals surface area contributed by atoms with Gasteiger partial charge < -0.3 is 14.4 Å². The Bertz CT molecular complexity index is 661. The van der Waals surface area contributed by atoms with Gasteiger partial charge in [-0.05, 0) is 43.9 Å². The highest BCUT2D eigenvalue weighted by Gasteiger charge is 2.25. The number of likely N-dealkylation sites (tertiary alicyclic amines) is 1. The number of hydrogen-bond acceptors (Lipinski definition) is 5. The van der Waals surface area contributed by atoms with Crippen molar-refractivity contribution < 1.29 is 17.9 Å². The molecule has 1 N–H and O–H groups in total. The smallest absolute Gasteiger partial charge is 0.240 e.